The number of hydrogen-bond acceptors (Lipinski definition) is 2. The van der Waals surface area contributed by atoms with E-state index in [0.29, 0.717) is 0 Å². The van der Waals surface area contributed by atoms with E-state index in [1.165, 1.54) is 11.1 Å². The van der Waals surface area contributed by atoms with Gasteiger partial charge in [-0.15, -0.1) is 0 Å². The Morgan fingerprint density at radius 3 is 2.88 bits per heavy atom. The summed E-state index contributed by atoms with van der Waals surface area (Å²) in [5.41, 5.74) is 3.64. The molecular weight excluding hydrogens is 210 g/mol. The van der Waals surface area contributed by atoms with E-state index in [4.69, 9.17) is 0 Å². The first kappa shape index (κ1) is 11.7. The molecule has 1 heterocycles. The van der Waals surface area contributed by atoms with Gasteiger partial charge in [-0.05, 0) is 38.5 Å². The van der Waals surface area contributed by atoms with Gasteiger partial charge >= 0.3 is 0 Å². The average Bonchev–Trinajstić information content (AvgIpc) is 2.77. The van der Waals surface area contributed by atoms with Crippen LogP contribution in [0.15, 0.2) is 36.7 Å². The summed E-state index contributed by atoms with van der Waals surface area (Å²) in [4.78, 5) is 0. The molecule has 0 aliphatic carbocycles. The van der Waals surface area contributed by atoms with Crippen LogP contribution in [-0.4, -0.2) is 9.78 Å². The predicted octanol–water partition coefficient (Wildman–Crippen LogP) is 3.38. The normalized spacial score (nSPS) is 12.4. The SMILES string of the molecule is CCn1cc(C(C)Nc2cccc(C)c2)cn1. The van der Waals surface area contributed by atoms with E-state index in [0.717, 1.165) is 12.2 Å². The summed E-state index contributed by atoms with van der Waals surface area (Å²) in [6, 6.07) is 8.69. The van der Waals surface area contributed by atoms with Crippen molar-refractivity contribution in [2.45, 2.75) is 33.4 Å². The van der Waals surface area contributed by atoms with E-state index in [2.05, 4.69) is 61.6 Å². The van der Waals surface area contributed by atoms with Gasteiger partial charge in [0.05, 0.1) is 12.2 Å². The highest BCUT2D eigenvalue weighted by Crippen LogP contribution is 2.19. The monoisotopic (exact) mass is 229 g/mol. The van der Waals surface area contributed by atoms with Crippen LogP contribution >= 0.6 is 0 Å². The molecule has 0 amide bonds. The maximum Gasteiger partial charge on any atom is 0.0542 e. The average molecular weight is 229 g/mol. The molecule has 17 heavy (non-hydrogen) atoms. The van der Waals surface area contributed by atoms with Crippen molar-refractivity contribution in [3.05, 3.63) is 47.8 Å². The molecular formula is C14H19N3. The Balaban J connectivity index is 2.08. The molecule has 0 saturated heterocycles. The number of aryl methyl sites for hydroxylation is 2. The van der Waals surface area contributed by atoms with Gasteiger partial charge in [0.2, 0.25) is 0 Å². The van der Waals surface area contributed by atoms with Crippen LogP contribution in [0.25, 0.3) is 0 Å². The molecule has 0 spiro atoms. The summed E-state index contributed by atoms with van der Waals surface area (Å²) in [5, 5.41) is 7.77. The molecule has 0 bridgehead atoms. The molecule has 1 N–H and O–H groups in total. The maximum absolute atomic E-state index is 4.29. The van der Waals surface area contributed by atoms with Crippen molar-refractivity contribution in [2.24, 2.45) is 0 Å². The molecule has 0 aliphatic rings. The third-order valence-corrected chi connectivity index (χ3v) is 2.88. The summed E-state index contributed by atoms with van der Waals surface area (Å²) >= 11 is 0. The molecule has 0 fully saturated rings. The highest BCUT2D eigenvalue weighted by atomic mass is 15.3. The Morgan fingerprint density at radius 1 is 1.41 bits per heavy atom. The van der Waals surface area contributed by atoms with Crippen LogP contribution in [0, 0.1) is 6.92 Å². The van der Waals surface area contributed by atoms with Gasteiger partial charge in [-0.25, -0.2) is 0 Å². The van der Waals surface area contributed by atoms with Crippen LogP contribution in [0.1, 0.15) is 31.0 Å². The Bertz CT molecular complexity index is 488. The zero-order valence-corrected chi connectivity index (χ0v) is 10.6. The quantitative estimate of drug-likeness (QED) is 0.871. The van der Waals surface area contributed by atoms with Crippen molar-refractivity contribution in [3.63, 3.8) is 0 Å². The van der Waals surface area contributed by atoms with Crippen molar-refractivity contribution in [2.75, 3.05) is 5.32 Å². The summed E-state index contributed by atoms with van der Waals surface area (Å²) in [6.45, 7) is 7.26. The minimum absolute atomic E-state index is 0.275. The number of rotatable bonds is 4. The van der Waals surface area contributed by atoms with Crippen LogP contribution in [0.2, 0.25) is 0 Å². The molecule has 3 heteroatoms. The van der Waals surface area contributed by atoms with E-state index in [-0.39, 0.29) is 6.04 Å². The molecule has 2 aromatic rings. The summed E-state index contributed by atoms with van der Waals surface area (Å²) in [6.07, 6.45) is 4.02. The van der Waals surface area contributed by atoms with E-state index in [9.17, 15) is 0 Å². The molecule has 1 atom stereocenters. The van der Waals surface area contributed by atoms with Gasteiger partial charge in [-0.1, -0.05) is 12.1 Å². The fourth-order valence-corrected chi connectivity index (χ4v) is 1.84. The summed E-state index contributed by atoms with van der Waals surface area (Å²) in [5.74, 6) is 0. The second-order valence-electron chi connectivity index (χ2n) is 4.36. The van der Waals surface area contributed by atoms with Crippen molar-refractivity contribution in [1.82, 2.24) is 9.78 Å². The van der Waals surface area contributed by atoms with Crippen molar-refractivity contribution >= 4 is 5.69 Å². The van der Waals surface area contributed by atoms with Crippen LogP contribution in [0.3, 0.4) is 0 Å². The Hall–Kier alpha value is -1.77. The Labute approximate surface area is 102 Å². The van der Waals surface area contributed by atoms with Crippen molar-refractivity contribution < 1.29 is 0 Å². The maximum atomic E-state index is 4.29. The van der Waals surface area contributed by atoms with E-state index >= 15 is 0 Å². The fourth-order valence-electron chi connectivity index (χ4n) is 1.84. The first-order valence-electron chi connectivity index (χ1n) is 6.04. The standard InChI is InChI=1S/C14H19N3/c1-4-17-10-13(9-15-17)12(3)16-14-7-5-6-11(2)8-14/h5-10,12,16H,4H2,1-3H3. The minimum Gasteiger partial charge on any atom is -0.378 e. The molecule has 2 rings (SSSR count). The summed E-state index contributed by atoms with van der Waals surface area (Å²) in [7, 11) is 0. The van der Waals surface area contributed by atoms with E-state index in [1.807, 2.05) is 10.9 Å². The second kappa shape index (κ2) is 5.04. The highest BCUT2D eigenvalue weighted by Gasteiger charge is 2.07. The lowest BCUT2D eigenvalue weighted by atomic mass is 10.1. The number of anilines is 1. The molecule has 0 aliphatic heterocycles. The van der Waals surface area contributed by atoms with Gasteiger partial charge < -0.3 is 5.32 Å². The molecule has 1 aromatic heterocycles. The zero-order valence-electron chi connectivity index (χ0n) is 10.6. The zero-order chi connectivity index (χ0) is 12.3. The second-order valence-corrected chi connectivity index (χ2v) is 4.36. The topological polar surface area (TPSA) is 29.9 Å². The first-order valence-corrected chi connectivity index (χ1v) is 6.04. The lowest BCUT2D eigenvalue weighted by Gasteiger charge is -2.13. The molecule has 3 nitrogen and oxygen atoms in total. The molecule has 1 unspecified atom stereocenters. The van der Waals surface area contributed by atoms with Crippen molar-refractivity contribution in [3.8, 4) is 0 Å². The van der Waals surface area contributed by atoms with Gasteiger partial charge in [0, 0.05) is 24.0 Å². The van der Waals surface area contributed by atoms with E-state index < -0.39 is 0 Å². The van der Waals surface area contributed by atoms with Gasteiger partial charge in [0.25, 0.3) is 0 Å². The number of benzene rings is 1. The number of nitrogens with one attached hydrogen (secondary N) is 1. The molecule has 0 radical (unpaired) electrons. The number of aromatic nitrogens is 2. The largest absolute Gasteiger partial charge is 0.378 e. The van der Waals surface area contributed by atoms with Gasteiger partial charge in [-0.3, -0.25) is 4.68 Å². The molecule has 90 valence electrons. The predicted molar refractivity (Wildman–Crippen MR) is 71.1 cm³/mol. The Morgan fingerprint density at radius 2 is 2.24 bits per heavy atom. The third kappa shape index (κ3) is 2.87. The smallest absolute Gasteiger partial charge is 0.0542 e. The Kier molecular flexibility index (Phi) is 3.47. The minimum atomic E-state index is 0.275. The van der Waals surface area contributed by atoms with Crippen molar-refractivity contribution in [1.29, 1.82) is 0 Å². The number of hydrogen-bond donors (Lipinski definition) is 1. The lowest BCUT2D eigenvalue weighted by molar-refractivity contribution is 0.658. The van der Waals surface area contributed by atoms with Crippen LogP contribution in [0.5, 0.6) is 0 Å². The van der Waals surface area contributed by atoms with Crippen LogP contribution < -0.4 is 5.32 Å². The van der Waals surface area contributed by atoms with Crippen LogP contribution in [-0.2, 0) is 6.54 Å². The first-order chi connectivity index (χ1) is 8.19. The fraction of sp³-hybridized carbons (Fsp3) is 0.357. The van der Waals surface area contributed by atoms with Gasteiger partial charge in [0.15, 0.2) is 0 Å². The van der Waals surface area contributed by atoms with Gasteiger partial charge in [0.1, 0.15) is 0 Å². The van der Waals surface area contributed by atoms with Crippen LogP contribution in [0.4, 0.5) is 5.69 Å². The third-order valence-electron chi connectivity index (χ3n) is 2.88. The molecule has 1 aromatic carbocycles. The summed E-state index contributed by atoms with van der Waals surface area (Å²) < 4.78 is 1.95. The van der Waals surface area contributed by atoms with E-state index in [1.54, 1.807) is 0 Å². The highest BCUT2D eigenvalue weighted by molar-refractivity contribution is 5.47. The van der Waals surface area contributed by atoms with Gasteiger partial charge in [-0.2, -0.15) is 5.10 Å². The molecule has 0 saturated carbocycles. The lowest BCUT2D eigenvalue weighted by Crippen LogP contribution is -2.05. The number of nitrogens with zero attached hydrogens (tertiary/aromatic N) is 2.